The summed E-state index contributed by atoms with van der Waals surface area (Å²) in [5.74, 6) is 0.0491. The second kappa shape index (κ2) is 10.6. The minimum absolute atomic E-state index is 0.0569. The van der Waals surface area contributed by atoms with Gasteiger partial charge in [-0.25, -0.2) is 0 Å². The van der Waals surface area contributed by atoms with Crippen LogP contribution in [-0.4, -0.2) is 47.4 Å². The molecule has 2 aromatic rings. The SMILES string of the molecule is COc1ccc([C@@H](C(=O)NC(C)(C)C)N2C(=O)[C@@H](C3Cc4ccccc4C3)NC(=O)[C@H]2CC(C)C)cc1. The average Bonchev–Trinajstić information content (AvgIpc) is 3.26. The Morgan fingerprint density at radius 1 is 1.05 bits per heavy atom. The fourth-order valence-electron chi connectivity index (χ4n) is 5.54. The Hall–Kier alpha value is -3.35. The molecule has 198 valence electrons. The van der Waals surface area contributed by atoms with E-state index < -0.39 is 23.7 Å². The predicted octanol–water partition coefficient (Wildman–Crippen LogP) is 3.81. The minimum atomic E-state index is -0.946. The van der Waals surface area contributed by atoms with Crippen LogP contribution in [0.1, 0.15) is 63.8 Å². The topological polar surface area (TPSA) is 87.7 Å². The summed E-state index contributed by atoms with van der Waals surface area (Å²) in [5.41, 5.74) is 2.56. The highest BCUT2D eigenvalue weighted by molar-refractivity contribution is 6.00. The summed E-state index contributed by atoms with van der Waals surface area (Å²) in [4.78, 5) is 43.3. The quantitative estimate of drug-likeness (QED) is 0.599. The summed E-state index contributed by atoms with van der Waals surface area (Å²) in [6.07, 6.45) is 1.90. The molecule has 0 aromatic heterocycles. The van der Waals surface area contributed by atoms with Gasteiger partial charge in [0.2, 0.25) is 17.7 Å². The first-order chi connectivity index (χ1) is 17.5. The molecule has 1 aliphatic carbocycles. The normalized spacial score (nSPS) is 21.0. The summed E-state index contributed by atoms with van der Waals surface area (Å²) >= 11 is 0. The van der Waals surface area contributed by atoms with Gasteiger partial charge >= 0.3 is 0 Å². The second-order valence-electron chi connectivity index (χ2n) is 11.7. The molecule has 3 atom stereocenters. The molecule has 37 heavy (non-hydrogen) atoms. The van der Waals surface area contributed by atoms with Crippen LogP contribution in [0.5, 0.6) is 5.75 Å². The molecule has 2 aromatic carbocycles. The molecule has 0 saturated carbocycles. The van der Waals surface area contributed by atoms with E-state index in [9.17, 15) is 14.4 Å². The fraction of sp³-hybridized carbons (Fsp3) is 0.500. The lowest BCUT2D eigenvalue weighted by Crippen LogP contribution is -2.67. The third-order valence-electron chi connectivity index (χ3n) is 7.16. The molecule has 0 spiro atoms. The van der Waals surface area contributed by atoms with Crippen molar-refractivity contribution in [3.63, 3.8) is 0 Å². The van der Waals surface area contributed by atoms with E-state index in [-0.39, 0.29) is 29.6 Å². The summed E-state index contributed by atoms with van der Waals surface area (Å²) in [6.45, 7) is 9.76. The lowest BCUT2D eigenvalue weighted by Gasteiger charge is -2.45. The number of ether oxygens (including phenoxy) is 1. The number of fused-ring (bicyclic) bond motifs is 1. The van der Waals surface area contributed by atoms with Crippen molar-refractivity contribution in [2.24, 2.45) is 11.8 Å². The van der Waals surface area contributed by atoms with E-state index >= 15 is 0 Å². The number of carbonyl (C=O) groups excluding carboxylic acids is 3. The zero-order valence-corrected chi connectivity index (χ0v) is 22.7. The molecule has 0 unspecified atom stereocenters. The molecule has 1 heterocycles. The van der Waals surface area contributed by atoms with Crippen LogP contribution in [0.4, 0.5) is 0 Å². The molecule has 4 rings (SSSR count). The maximum atomic E-state index is 14.3. The second-order valence-corrected chi connectivity index (χ2v) is 11.7. The van der Waals surface area contributed by atoms with Crippen LogP contribution in [-0.2, 0) is 27.2 Å². The predicted molar refractivity (Wildman–Crippen MR) is 143 cm³/mol. The zero-order valence-electron chi connectivity index (χ0n) is 22.7. The van der Waals surface area contributed by atoms with E-state index in [2.05, 4.69) is 22.8 Å². The largest absolute Gasteiger partial charge is 0.497 e. The van der Waals surface area contributed by atoms with Gasteiger partial charge in [0.25, 0.3) is 0 Å². The maximum absolute atomic E-state index is 14.3. The average molecular weight is 506 g/mol. The standard InChI is InChI=1S/C30H39N3O4/c1-18(2)15-24-27(34)31-25(22-16-20-9-7-8-10-21(20)17-22)29(36)33(24)26(28(35)32-30(3,4)5)19-11-13-23(37-6)14-12-19/h7-14,18,22,24-26H,15-17H2,1-6H3,(H,31,34)(H,32,35)/t24-,25-,26+/m1/s1. The number of rotatable bonds is 7. The third kappa shape index (κ3) is 5.81. The molecule has 7 nitrogen and oxygen atoms in total. The molecule has 7 heteroatoms. The van der Waals surface area contributed by atoms with Crippen molar-refractivity contribution in [1.29, 1.82) is 0 Å². The number of methoxy groups -OCH3 is 1. The van der Waals surface area contributed by atoms with Crippen molar-refractivity contribution < 1.29 is 19.1 Å². The van der Waals surface area contributed by atoms with Crippen molar-refractivity contribution in [2.45, 2.75) is 77.5 Å². The van der Waals surface area contributed by atoms with Gasteiger partial charge in [0.05, 0.1) is 7.11 Å². The van der Waals surface area contributed by atoms with Gasteiger partial charge in [-0.15, -0.1) is 0 Å². The van der Waals surface area contributed by atoms with E-state index in [1.165, 1.54) is 11.1 Å². The van der Waals surface area contributed by atoms with Gasteiger partial charge in [-0.05, 0) is 80.7 Å². The van der Waals surface area contributed by atoms with Crippen LogP contribution in [0.3, 0.4) is 0 Å². The van der Waals surface area contributed by atoms with Gasteiger partial charge < -0.3 is 20.3 Å². The van der Waals surface area contributed by atoms with Crippen molar-refractivity contribution >= 4 is 17.7 Å². The number of hydrogen-bond donors (Lipinski definition) is 2. The molecule has 0 radical (unpaired) electrons. The lowest BCUT2D eigenvalue weighted by atomic mass is 9.87. The van der Waals surface area contributed by atoms with Crippen LogP contribution in [0, 0.1) is 11.8 Å². The Kier molecular flexibility index (Phi) is 7.62. The molecular weight excluding hydrogens is 466 g/mol. The number of benzene rings is 2. The highest BCUT2D eigenvalue weighted by atomic mass is 16.5. The molecule has 2 N–H and O–H groups in total. The Balaban J connectivity index is 1.76. The van der Waals surface area contributed by atoms with Crippen molar-refractivity contribution in [1.82, 2.24) is 15.5 Å². The molecule has 3 amide bonds. The van der Waals surface area contributed by atoms with E-state index in [0.717, 1.165) is 12.8 Å². The third-order valence-corrected chi connectivity index (χ3v) is 7.16. The Bertz CT molecular complexity index is 1130. The van der Waals surface area contributed by atoms with Crippen LogP contribution in [0.2, 0.25) is 0 Å². The van der Waals surface area contributed by atoms with Gasteiger partial charge in [-0.1, -0.05) is 50.2 Å². The van der Waals surface area contributed by atoms with Crippen LogP contribution in [0.15, 0.2) is 48.5 Å². The molecular formula is C30H39N3O4. The molecule has 1 fully saturated rings. The smallest absolute Gasteiger partial charge is 0.247 e. The highest BCUT2D eigenvalue weighted by Crippen LogP contribution is 2.36. The monoisotopic (exact) mass is 505 g/mol. The van der Waals surface area contributed by atoms with Gasteiger partial charge in [-0.2, -0.15) is 0 Å². The Labute approximate surface area is 220 Å². The molecule has 1 saturated heterocycles. The van der Waals surface area contributed by atoms with Crippen molar-refractivity contribution in [2.75, 3.05) is 7.11 Å². The highest BCUT2D eigenvalue weighted by Gasteiger charge is 2.49. The first-order valence-corrected chi connectivity index (χ1v) is 13.1. The van der Waals surface area contributed by atoms with Crippen molar-refractivity contribution in [3.8, 4) is 5.75 Å². The first kappa shape index (κ1) is 26.7. The molecule has 2 aliphatic rings. The van der Waals surface area contributed by atoms with E-state index in [0.29, 0.717) is 17.7 Å². The van der Waals surface area contributed by atoms with Gasteiger partial charge in [-0.3, -0.25) is 14.4 Å². The maximum Gasteiger partial charge on any atom is 0.247 e. The summed E-state index contributed by atoms with van der Waals surface area (Å²) < 4.78 is 5.32. The van der Waals surface area contributed by atoms with Crippen LogP contribution >= 0.6 is 0 Å². The van der Waals surface area contributed by atoms with Crippen LogP contribution < -0.4 is 15.4 Å². The van der Waals surface area contributed by atoms with E-state index in [1.807, 2.05) is 46.8 Å². The van der Waals surface area contributed by atoms with Crippen LogP contribution in [0.25, 0.3) is 0 Å². The van der Waals surface area contributed by atoms with E-state index in [4.69, 9.17) is 4.74 Å². The lowest BCUT2D eigenvalue weighted by molar-refractivity contribution is -0.158. The van der Waals surface area contributed by atoms with Gasteiger partial charge in [0.1, 0.15) is 23.9 Å². The number of hydrogen-bond acceptors (Lipinski definition) is 4. The van der Waals surface area contributed by atoms with E-state index in [1.54, 1.807) is 36.3 Å². The summed E-state index contributed by atoms with van der Waals surface area (Å²) in [7, 11) is 1.58. The number of amides is 3. The van der Waals surface area contributed by atoms with Crippen molar-refractivity contribution in [3.05, 3.63) is 65.2 Å². The summed E-state index contributed by atoms with van der Waals surface area (Å²) in [6, 6.07) is 13.0. The number of nitrogens with one attached hydrogen (secondary N) is 2. The first-order valence-electron chi connectivity index (χ1n) is 13.1. The number of piperazine rings is 1. The Morgan fingerprint density at radius 3 is 2.16 bits per heavy atom. The van der Waals surface area contributed by atoms with Gasteiger partial charge in [0, 0.05) is 5.54 Å². The number of carbonyl (C=O) groups is 3. The molecule has 0 bridgehead atoms. The number of nitrogens with zero attached hydrogens (tertiary/aromatic N) is 1. The minimum Gasteiger partial charge on any atom is -0.497 e. The van der Waals surface area contributed by atoms with Gasteiger partial charge in [0.15, 0.2) is 0 Å². The fourth-order valence-corrected chi connectivity index (χ4v) is 5.54. The Morgan fingerprint density at radius 2 is 1.65 bits per heavy atom. The summed E-state index contributed by atoms with van der Waals surface area (Å²) in [5, 5.41) is 6.11. The molecule has 1 aliphatic heterocycles. The zero-order chi connectivity index (χ0) is 26.9.